The third-order valence-corrected chi connectivity index (χ3v) is 9.22. The quantitative estimate of drug-likeness (QED) is 0.230. The molecule has 14 heteroatoms. The van der Waals surface area contributed by atoms with E-state index in [9.17, 15) is 23.5 Å². The second-order valence-corrected chi connectivity index (χ2v) is 12.0. The third kappa shape index (κ3) is 5.10. The zero-order valence-electron chi connectivity index (χ0n) is 25.1. The standard InChI is InChI=1S/C32H32F3N7O4/c1-2-20-23(34)5-4-17-10-19(43)11-21(25(17)20)27-26(35)28-22(13-37-27)29(36-7-9-42-24(44)14-38-31(42)45)40-30(39-28)46-16-32-6-3-8-41(32)15-18(33)12-32/h4-5,10-11,13,18,43H,2-3,6-9,12,14-16H2,1H3,(H,38,45)(H,36,39,40)/t18-,32+/m1/s1. The molecule has 3 aliphatic rings. The molecule has 3 N–H and O–H groups in total. The molecule has 0 aliphatic carbocycles. The number of alkyl halides is 1. The Kier molecular flexibility index (Phi) is 7.54. The Morgan fingerprint density at radius 3 is 2.85 bits per heavy atom. The molecule has 4 aromatic rings. The fourth-order valence-electron chi connectivity index (χ4n) is 7.07. The number of aryl methyl sites for hydroxylation is 1. The van der Waals surface area contributed by atoms with Crippen molar-refractivity contribution < 1.29 is 32.6 Å². The summed E-state index contributed by atoms with van der Waals surface area (Å²) in [7, 11) is 0. The van der Waals surface area contributed by atoms with Gasteiger partial charge in [0, 0.05) is 37.8 Å². The summed E-state index contributed by atoms with van der Waals surface area (Å²) in [5.41, 5.74) is -0.251. The number of urea groups is 1. The van der Waals surface area contributed by atoms with E-state index in [4.69, 9.17) is 4.74 Å². The number of fused-ring (bicyclic) bond motifs is 3. The number of benzene rings is 2. The van der Waals surface area contributed by atoms with Crippen LogP contribution >= 0.6 is 0 Å². The summed E-state index contributed by atoms with van der Waals surface area (Å²) in [5.74, 6) is -1.66. The van der Waals surface area contributed by atoms with E-state index in [1.54, 1.807) is 6.92 Å². The average Bonchev–Trinajstić information content (AvgIpc) is 3.67. The minimum atomic E-state index is -0.967. The molecule has 5 heterocycles. The minimum Gasteiger partial charge on any atom is -0.508 e. The molecular formula is C32H32F3N7O4. The second-order valence-electron chi connectivity index (χ2n) is 12.0. The van der Waals surface area contributed by atoms with Crippen molar-refractivity contribution in [3.05, 3.63) is 47.7 Å². The van der Waals surface area contributed by atoms with Gasteiger partial charge >= 0.3 is 12.0 Å². The number of anilines is 1. The molecule has 2 aromatic heterocycles. The van der Waals surface area contributed by atoms with E-state index >= 15 is 4.39 Å². The molecular weight excluding hydrogens is 603 g/mol. The number of phenols is 1. The Hall–Kier alpha value is -4.72. The van der Waals surface area contributed by atoms with E-state index in [2.05, 4.69) is 30.5 Å². The van der Waals surface area contributed by atoms with Gasteiger partial charge in [0.15, 0.2) is 5.82 Å². The van der Waals surface area contributed by atoms with E-state index < -0.39 is 29.4 Å². The fraction of sp³-hybridized carbons (Fsp3) is 0.406. The highest BCUT2D eigenvalue weighted by Gasteiger charge is 2.49. The summed E-state index contributed by atoms with van der Waals surface area (Å²) < 4.78 is 52.0. The van der Waals surface area contributed by atoms with Crippen molar-refractivity contribution in [1.82, 2.24) is 30.1 Å². The second kappa shape index (κ2) is 11.6. The molecule has 0 saturated carbocycles. The first-order chi connectivity index (χ1) is 22.2. The molecule has 240 valence electrons. The van der Waals surface area contributed by atoms with Gasteiger partial charge in [0.2, 0.25) is 5.91 Å². The number of imide groups is 1. The normalized spacial score (nSPS) is 21.4. The molecule has 7 rings (SSSR count). The number of carbonyl (C=O) groups is 2. The monoisotopic (exact) mass is 635 g/mol. The number of aromatic nitrogens is 3. The highest BCUT2D eigenvalue weighted by Crippen LogP contribution is 2.41. The lowest BCUT2D eigenvalue weighted by Crippen LogP contribution is -2.43. The summed E-state index contributed by atoms with van der Waals surface area (Å²) in [6, 6.07) is 4.99. The van der Waals surface area contributed by atoms with E-state index in [0.717, 1.165) is 24.3 Å². The van der Waals surface area contributed by atoms with Crippen molar-refractivity contribution in [2.75, 3.05) is 44.6 Å². The van der Waals surface area contributed by atoms with Crippen LogP contribution in [0, 0.1) is 11.6 Å². The topological polar surface area (TPSA) is 133 Å². The van der Waals surface area contributed by atoms with E-state index in [0.29, 0.717) is 35.7 Å². The fourth-order valence-corrected chi connectivity index (χ4v) is 7.07. The number of hydrogen-bond donors (Lipinski definition) is 3. The summed E-state index contributed by atoms with van der Waals surface area (Å²) in [5, 5.41) is 17.2. The number of nitrogens with one attached hydrogen (secondary N) is 2. The predicted molar refractivity (Wildman–Crippen MR) is 163 cm³/mol. The number of aromatic hydroxyl groups is 1. The number of ether oxygens (including phenoxy) is 1. The molecule has 0 radical (unpaired) electrons. The molecule has 0 spiro atoms. The molecule has 0 unspecified atom stereocenters. The van der Waals surface area contributed by atoms with Gasteiger partial charge in [-0.15, -0.1) is 0 Å². The van der Waals surface area contributed by atoms with Gasteiger partial charge in [0.1, 0.15) is 41.4 Å². The zero-order chi connectivity index (χ0) is 32.2. The van der Waals surface area contributed by atoms with Crippen LogP contribution in [0.2, 0.25) is 0 Å². The Morgan fingerprint density at radius 1 is 1.22 bits per heavy atom. The summed E-state index contributed by atoms with van der Waals surface area (Å²) in [4.78, 5) is 40.5. The molecule has 46 heavy (non-hydrogen) atoms. The van der Waals surface area contributed by atoms with Crippen LogP contribution in [0.1, 0.15) is 31.7 Å². The number of nitrogens with zero attached hydrogens (tertiary/aromatic N) is 5. The van der Waals surface area contributed by atoms with Crippen molar-refractivity contribution in [2.45, 2.75) is 44.3 Å². The third-order valence-electron chi connectivity index (χ3n) is 9.22. The van der Waals surface area contributed by atoms with E-state index in [1.165, 1.54) is 30.5 Å². The number of halogens is 3. The Labute approximate surface area is 261 Å². The van der Waals surface area contributed by atoms with Crippen LogP contribution in [0.4, 0.5) is 23.8 Å². The smallest absolute Gasteiger partial charge is 0.324 e. The van der Waals surface area contributed by atoms with Crippen LogP contribution in [0.25, 0.3) is 32.9 Å². The van der Waals surface area contributed by atoms with Crippen LogP contribution in [-0.2, 0) is 11.2 Å². The first-order valence-electron chi connectivity index (χ1n) is 15.3. The highest BCUT2D eigenvalue weighted by molar-refractivity contribution is 6.02. The van der Waals surface area contributed by atoms with Crippen molar-refractivity contribution >= 4 is 39.4 Å². The maximum atomic E-state index is 16.6. The molecule has 3 saturated heterocycles. The van der Waals surface area contributed by atoms with E-state index in [1.807, 2.05) is 0 Å². The van der Waals surface area contributed by atoms with Crippen molar-refractivity contribution in [3.63, 3.8) is 0 Å². The Morgan fingerprint density at radius 2 is 2.07 bits per heavy atom. The SMILES string of the molecule is CCc1c(F)ccc2cc(O)cc(-c3ncc4c(NCCN5C(=O)CNC5=O)nc(OC[C@@]56CCCN5C[C@H](F)C6)nc4c3F)c12. The van der Waals surface area contributed by atoms with Crippen LogP contribution < -0.4 is 15.4 Å². The number of rotatable bonds is 9. The number of amides is 3. The molecule has 0 bridgehead atoms. The molecule has 2 atom stereocenters. The maximum absolute atomic E-state index is 16.6. The maximum Gasteiger partial charge on any atom is 0.324 e. The van der Waals surface area contributed by atoms with Crippen molar-refractivity contribution in [2.24, 2.45) is 0 Å². The highest BCUT2D eigenvalue weighted by atomic mass is 19.1. The van der Waals surface area contributed by atoms with Crippen LogP contribution in [-0.4, -0.2) is 92.8 Å². The first-order valence-corrected chi connectivity index (χ1v) is 15.3. The Bertz CT molecular complexity index is 1880. The largest absolute Gasteiger partial charge is 0.508 e. The van der Waals surface area contributed by atoms with Gasteiger partial charge in [-0.25, -0.2) is 18.0 Å². The molecule has 3 amide bonds. The molecule has 2 aromatic carbocycles. The molecule has 11 nitrogen and oxygen atoms in total. The van der Waals surface area contributed by atoms with Gasteiger partial charge < -0.3 is 20.5 Å². The molecule has 3 aliphatic heterocycles. The van der Waals surface area contributed by atoms with Gasteiger partial charge in [-0.05, 0) is 60.3 Å². The number of phenolic OH excluding ortho intramolecular Hbond substituents is 1. The van der Waals surface area contributed by atoms with Crippen LogP contribution in [0.5, 0.6) is 11.8 Å². The van der Waals surface area contributed by atoms with Gasteiger partial charge in [-0.1, -0.05) is 13.0 Å². The number of hydrogen-bond acceptors (Lipinski definition) is 9. The molecule has 3 fully saturated rings. The summed E-state index contributed by atoms with van der Waals surface area (Å²) >= 11 is 0. The number of pyridine rings is 1. The van der Waals surface area contributed by atoms with Gasteiger partial charge in [0.25, 0.3) is 0 Å². The van der Waals surface area contributed by atoms with Gasteiger partial charge in [0.05, 0.1) is 17.5 Å². The minimum absolute atomic E-state index is 0.0247. The predicted octanol–water partition coefficient (Wildman–Crippen LogP) is 4.31. The Balaban J connectivity index is 1.30. The summed E-state index contributed by atoms with van der Waals surface area (Å²) in [6.07, 6.45) is 2.70. The lowest BCUT2D eigenvalue weighted by molar-refractivity contribution is -0.124. The van der Waals surface area contributed by atoms with Crippen LogP contribution in [0.15, 0.2) is 30.5 Å². The van der Waals surface area contributed by atoms with Crippen molar-refractivity contribution in [1.29, 1.82) is 0 Å². The average molecular weight is 636 g/mol. The first kappa shape index (κ1) is 30.0. The lowest BCUT2D eigenvalue weighted by Gasteiger charge is -2.30. The number of carbonyl (C=O) groups excluding carboxylic acids is 2. The zero-order valence-corrected chi connectivity index (χ0v) is 25.1. The van der Waals surface area contributed by atoms with E-state index in [-0.39, 0.29) is 71.9 Å². The van der Waals surface area contributed by atoms with Crippen LogP contribution in [0.3, 0.4) is 0 Å². The summed E-state index contributed by atoms with van der Waals surface area (Å²) in [6.45, 7) is 3.02. The van der Waals surface area contributed by atoms with Crippen molar-refractivity contribution in [3.8, 4) is 23.0 Å². The van der Waals surface area contributed by atoms with Gasteiger partial charge in [-0.2, -0.15) is 9.97 Å². The van der Waals surface area contributed by atoms with Gasteiger partial charge in [-0.3, -0.25) is 19.6 Å². The lowest BCUT2D eigenvalue weighted by atomic mass is 9.94.